The first-order valence-corrected chi connectivity index (χ1v) is 13.5. The molecule has 0 atom stereocenters. The Balaban J connectivity index is 1.54. The number of alkyl halides is 3. The number of nitro benzene ring substituents is 1. The Kier molecular flexibility index (Phi) is 9.17. The highest BCUT2D eigenvalue weighted by atomic mass is 35.5. The number of carbonyl (C=O) groups is 2. The maximum Gasteiger partial charge on any atom is 0.416 e. The van der Waals surface area contributed by atoms with Gasteiger partial charge < -0.3 is 10.6 Å². The summed E-state index contributed by atoms with van der Waals surface area (Å²) in [7, 11) is 0. The molecule has 2 N–H and O–H groups in total. The maximum atomic E-state index is 13.1. The van der Waals surface area contributed by atoms with E-state index in [0.29, 0.717) is 16.7 Å². The molecule has 0 aliphatic carbocycles. The number of aryl methyl sites for hydroxylation is 2. The number of non-ortho nitro benzene ring substituents is 1. The first-order valence-electron chi connectivity index (χ1n) is 12.2. The van der Waals surface area contributed by atoms with E-state index in [1.165, 1.54) is 24.3 Å². The SMILES string of the molecule is Cc1ccc(C)c(-n2c(CNC(=O)c3ccc([N+](=O)[O-])cc3)nnc2SCC(=O)Nc2cc(C(F)(F)F)ccc2Cl)c1. The number of rotatable bonds is 9. The number of benzene rings is 3. The molecule has 0 unspecified atom stereocenters. The Labute approximate surface area is 246 Å². The molecule has 0 aliphatic rings. The molecule has 1 heterocycles. The molecule has 15 heteroatoms. The van der Waals surface area contributed by atoms with E-state index in [0.717, 1.165) is 41.1 Å². The summed E-state index contributed by atoms with van der Waals surface area (Å²) in [5.41, 5.74) is 1.40. The summed E-state index contributed by atoms with van der Waals surface area (Å²) in [6, 6.07) is 13.4. The van der Waals surface area contributed by atoms with E-state index in [2.05, 4.69) is 20.8 Å². The Hall–Kier alpha value is -4.43. The van der Waals surface area contributed by atoms with Crippen molar-refractivity contribution in [3.63, 3.8) is 0 Å². The number of hydrogen-bond donors (Lipinski definition) is 2. The molecule has 0 radical (unpaired) electrons. The predicted octanol–water partition coefficient (Wildman–Crippen LogP) is 6.13. The number of amides is 2. The van der Waals surface area contributed by atoms with Crippen LogP contribution >= 0.6 is 23.4 Å². The fourth-order valence-electron chi connectivity index (χ4n) is 3.82. The van der Waals surface area contributed by atoms with Crippen LogP contribution in [0.4, 0.5) is 24.5 Å². The third kappa shape index (κ3) is 7.25. The van der Waals surface area contributed by atoms with Crippen molar-refractivity contribution in [1.82, 2.24) is 20.1 Å². The Morgan fingerprint density at radius 3 is 2.43 bits per heavy atom. The standard InChI is InChI=1S/C27H22ClF3N6O4S/c1-15-3-4-16(2)22(11-15)36-23(13-32-25(39)17-5-8-19(9-6-17)37(40)41)34-35-26(36)42-14-24(38)33-21-12-18(27(29,30)31)7-10-20(21)28/h3-12H,13-14H2,1-2H3,(H,32,39)(H,33,38). The molecule has 4 aromatic rings. The van der Waals surface area contributed by atoms with Gasteiger partial charge in [-0.15, -0.1) is 10.2 Å². The normalized spacial score (nSPS) is 11.3. The highest BCUT2D eigenvalue weighted by Crippen LogP contribution is 2.34. The van der Waals surface area contributed by atoms with Gasteiger partial charge in [0.05, 0.1) is 39.2 Å². The van der Waals surface area contributed by atoms with Crippen LogP contribution in [0, 0.1) is 24.0 Å². The van der Waals surface area contributed by atoms with Crippen molar-refractivity contribution in [3.05, 3.63) is 104 Å². The summed E-state index contributed by atoms with van der Waals surface area (Å²) in [6.07, 6.45) is -4.61. The first-order chi connectivity index (χ1) is 19.8. The average molecular weight is 619 g/mol. The van der Waals surface area contributed by atoms with Crippen LogP contribution < -0.4 is 10.6 Å². The molecule has 0 aliphatic heterocycles. The molecule has 0 bridgehead atoms. The van der Waals surface area contributed by atoms with Crippen molar-refractivity contribution in [2.24, 2.45) is 0 Å². The zero-order valence-corrected chi connectivity index (χ0v) is 23.6. The van der Waals surface area contributed by atoms with Crippen LogP contribution in [0.25, 0.3) is 5.69 Å². The highest BCUT2D eigenvalue weighted by Gasteiger charge is 2.31. The third-order valence-corrected chi connectivity index (χ3v) is 7.21. The lowest BCUT2D eigenvalue weighted by Crippen LogP contribution is -2.24. The second kappa shape index (κ2) is 12.6. The topological polar surface area (TPSA) is 132 Å². The first kappa shape index (κ1) is 30.5. The average Bonchev–Trinajstić information content (AvgIpc) is 3.35. The number of hydrogen-bond acceptors (Lipinski definition) is 7. The molecule has 0 fully saturated rings. The van der Waals surface area contributed by atoms with Crippen molar-refractivity contribution in [2.75, 3.05) is 11.1 Å². The van der Waals surface area contributed by atoms with Crippen LogP contribution in [0.2, 0.25) is 5.02 Å². The van der Waals surface area contributed by atoms with Crippen molar-refractivity contribution in [3.8, 4) is 5.69 Å². The van der Waals surface area contributed by atoms with Crippen LogP contribution in [0.3, 0.4) is 0 Å². The van der Waals surface area contributed by atoms with Crippen molar-refractivity contribution in [1.29, 1.82) is 0 Å². The van der Waals surface area contributed by atoms with Crippen LogP contribution in [-0.4, -0.2) is 37.3 Å². The summed E-state index contributed by atoms with van der Waals surface area (Å²) in [6.45, 7) is 3.69. The van der Waals surface area contributed by atoms with E-state index >= 15 is 0 Å². The number of aromatic nitrogens is 3. The number of nitrogens with one attached hydrogen (secondary N) is 2. The van der Waals surface area contributed by atoms with Crippen molar-refractivity contribution >= 4 is 46.6 Å². The van der Waals surface area contributed by atoms with Gasteiger partial charge in [0.15, 0.2) is 11.0 Å². The second-order valence-electron chi connectivity index (χ2n) is 9.04. The highest BCUT2D eigenvalue weighted by molar-refractivity contribution is 7.99. The minimum atomic E-state index is -4.61. The van der Waals surface area contributed by atoms with Crippen molar-refractivity contribution < 1.29 is 27.7 Å². The lowest BCUT2D eigenvalue weighted by molar-refractivity contribution is -0.384. The molecule has 10 nitrogen and oxygen atoms in total. The van der Waals surface area contributed by atoms with Gasteiger partial charge in [0.25, 0.3) is 11.6 Å². The van der Waals surface area contributed by atoms with E-state index in [9.17, 15) is 32.9 Å². The fraction of sp³-hybridized carbons (Fsp3) is 0.185. The molecule has 4 rings (SSSR count). The number of thioether (sulfide) groups is 1. The van der Waals surface area contributed by atoms with E-state index < -0.39 is 28.5 Å². The predicted molar refractivity (Wildman–Crippen MR) is 151 cm³/mol. The van der Waals surface area contributed by atoms with Crippen LogP contribution in [0.15, 0.2) is 65.8 Å². The van der Waals surface area contributed by atoms with E-state index in [1.807, 2.05) is 32.0 Å². The lowest BCUT2D eigenvalue weighted by Gasteiger charge is -2.14. The molecule has 218 valence electrons. The van der Waals surface area contributed by atoms with Gasteiger partial charge >= 0.3 is 6.18 Å². The van der Waals surface area contributed by atoms with Crippen molar-refractivity contribution in [2.45, 2.75) is 31.7 Å². The molecule has 3 aromatic carbocycles. The van der Waals surface area contributed by atoms with E-state index in [1.54, 1.807) is 4.57 Å². The van der Waals surface area contributed by atoms with Gasteiger partial charge in [-0.25, -0.2) is 0 Å². The van der Waals surface area contributed by atoms with Gasteiger partial charge in [-0.1, -0.05) is 35.5 Å². The summed E-state index contributed by atoms with van der Waals surface area (Å²) in [5, 5.41) is 24.6. The molecule has 0 saturated carbocycles. The summed E-state index contributed by atoms with van der Waals surface area (Å²) < 4.78 is 41.0. The number of halogens is 4. The van der Waals surface area contributed by atoms with Gasteiger partial charge in [0.1, 0.15) is 0 Å². The molecule has 42 heavy (non-hydrogen) atoms. The second-order valence-corrected chi connectivity index (χ2v) is 10.4. The summed E-state index contributed by atoms with van der Waals surface area (Å²) in [5.74, 6) is -1.01. The minimum Gasteiger partial charge on any atom is -0.345 e. The molecule has 1 aromatic heterocycles. The lowest BCUT2D eigenvalue weighted by atomic mass is 10.1. The molecular weight excluding hydrogens is 597 g/mol. The number of carbonyl (C=O) groups excluding carboxylic acids is 2. The van der Waals surface area contributed by atoms with E-state index in [4.69, 9.17) is 11.6 Å². The van der Waals surface area contributed by atoms with Gasteiger partial charge in [0, 0.05) is 17.7 Å². The Morgan fingerprint density at radius 2 is 1.76 bits per heavy atom. The monoisotopic (exact) mass is 618 g/mol. The van der Waals surface area contributed by atoms with Gasteiger partial charge in [-0.3, -0.25) is 24.3 Å². The van der Waals surface area contributed by atoms with Gasteiger partial charge in [-0.2, -0.15) is 13.2 Å². The third-order valence-electron chi connectivity index (χ3n) is 5.95. The summed E-state index contributed by atoms with van der Waals surface area (Å²) in [4.78, 5) is 35.7. The molecular formula is C27H22ClF3N6O4S. The van der Waals surface area contributed by atoms with E-state index in [-0.39, 0.29) is 34.3 Å². The van der Waals surface area contributed by atoms with Gasteiger partial charge in [0.2, 0.25) is 5.91 Å². The van der Waals surface area contributed by atoms with Crippen LogP contribution in [0.5, 0.6) is 0 Å². The molecule has 0 spiro atoms. The Morgan fingerprint density at radius 1 is 1.05 bits per heavy atom. The smallest absolute Gasteiger partial charge is 0.345 e. The Bertz CT molecular complexity index is 1660. The number of nitrogens with zero attached hydrogens (tertiary/aromatic N) is 4. The fourth-order valence-corrected chi connectivity index (χ4v) is 4.75. The quantitative estimate of drug-likeness (QED) is 0.131. The van der Waals surface area contributed by atoms with Gasteiger partial charge in [-0.05, 0) is 61.4 Å². The minimum absolute atomic E-state index is 0.0500. The van der Waals surface area contributed by atoms with Crippen LogP contribution in [0.1, 0.15) is 32.9 Å². The number of anilines is 1. The molecule has 0 saturated heterocycles. The maximum absolute atomic E-state index is 13.1. The number of nitro groups is 1. The molecule has 2 amide bonds. The van der Waals surface area contributed by atoms with Crippen LogP contribution in [-0.2, 0) is 17.5 Å². The largest absolute Gasteiger partial charge is 0.416 e. The zero-order valence-electron chi connectivity index (χ0n) is 22.0. The summed E-state index contributed by atoms with van der Waals surface area (Å²) >= 11 is 6.99. The zero-order chi connectivity index (χ0) is 30.6.